The van der Waals surface area contributed by atoms with Gasteiger partial charge in [-0.1, -0.05) is 17.7 Å². The van der Waals surface area contributed by atoms with Crippen LogP contribution in [0.2, 0.25) is 5.02 Å². The molecule has 0 radical (unpaired) electrons. The van der Waals surface area contributed by atoms with Gasteiger partial charge in [-0.05, 0) is 56.5 Å². The maximum absolute atomic E-state index is 12.0. The number of hydrogen-bond acceptors (Lipinski definition) is 6. The van der Waals surface area contributed by atoms with E-state index in [0.29, 0.717) is 35.3 Å². The Kier molecular flexibility index (Phi) is 7.27. The number of aromatic nitrogens is 1. The number of Topliss-reactive ketones (excluding diaryl/α,β-unsaturated/α-hetero) is 1. The highest BCUT2D eigenvalue weighted by Crippen LogP contribution is 2.29. The minimum Gasteiger partial charge on any atom is -0.478 e. The molecular formula is C24H29ClN4O3. The number of anilines is 2. The predicted octanol–water partition coefficient (Wildman–Crippen LogP) is 3.80. The van der Waals surface area contributed by atoms with Gasteiger partial charge in [-0.25, -0.2) is 0 Å². The first-order chi connectivity index (χ1) is 15.5. The van der Waals surface area contributed by atoms with Crippen LogP contribution in [0.4, 0.5) is 11.5 Å². The van der Waals surface area contributed by atoms with Gasteiger partial charge in [0, 0.05) is 44.4 Å². The molecule has 170 valence electrons. The summed E-state index contributed by atoms with van der Waals surface area (Å²) in [6, 6.07) is 9.52. The zero-order valence-corrected chi connectivity index (χ0v) is 19.2. The largest absolute Gasteiger partial charge is 0.478 e. The number of carbonyl (C=O) groups excluding carboxylic acids is 2. The average molecular weight is 457 g/mol. The molecule has 0 saturated carbocycles. The van der Waals surface area contributed by atoms with Crippen molar-refractivity contribution in [1.82, 2.24) is 9.88 Å². The van der Waals surface area contributed by atoms with Crippen LogP contribution in [0.1, 0.15) is 42.1 Å². The molecule has 1 aromatic carbocycles. The summed E-state index contributed by atoms with van der Waals surface area (Å²) in [6.07, 6.45) is 3.22. The van der Waals surface area contributed by atoms with Gasteiger partial charge in [0.25, 0.3) is 0 Å². The number of ether oxygens (including phenoxy) is 1. The van der Waals surface area contributed by atoms with Gasteiger partial charge in [0.1, 0.15) is 5.82 Å². The topological polar surface area (TPSA) is 74.8 Å². The molecule has 0 atom stereocenters. The summed E-state index contributed by atoms with van der Waals surface area (Å²) in [7, 11) is 0. The van der Waals surface area contributed by atoms with E-state index >= 15 is 0 Å². The molecule has 2 aliphatic rings. The van der Waals surface area contributed by atoms with Crippen molar-refractivity contribution in [2.24, 2.45) is 0 Å². The molecule has 4 rings (SSSR count). The molecular weight excluding hydrogens is 428 g/mol. The molecule has 8 heteroatoms. The van der Waals surface area contributed by atoms with Crippen LogP contribution < -0.4 is 15.0 Å². The van der Waals surface area contributed by atoms with Crippen LogP contribution in [0, 0.1) is 0 Å². The Morgan fingerprint density at radius 1 is 1.12 bits per heavy atom. The van der Waals surface area contributed by atoms with Gasteiger partial charge in [-0.15, -0.1) is 0 Å². The van der Waals surface area contributed by atoms with Crippen molar-refractivity contribution in [3.63, 3.8) is 0 Å². The molecule has 1 N–H and O–H groups in total. The van der Waals surface area contributed by atoms with Crippen molar-refractivity contribution in [3.8, 4) is 5.88 Å². The lowest BCUT2D eigenvalue weighted by molar-refractivity contribution is -0.116. The van der Waals surface area contributed by atoms with Crippen LogP contribution >= 0.6 is 11.6 Å². The molecule has 2 aromatic rings. The summed E-state index contributed by atoms with van der Waals surface area (Å²) in [5, 5.41) is 3.33. The van der Waals surface area contributed by atoms with Crippen molar-refractivity contribution in [2.75, 3.05) is 49.5 Å². The summed E-state index contributed by atoms with van der Waals surface area (Å²) in [6.45, 7) is 6.85. The van der Waals surface area contributed by atoms with E-state index < -0.39 is 0 Å². The number of nitrogens with zero attached hydrogens (tertiary/aromatic N) is 3. The number of aryl methyl sites for hydroxylation is 1. The van der Waals surface area contributed by atoms with Crippen LogP contribution in [-0.2, 0) is 11.2 Å². The molecule has 0 unspecified atom stereocenters. The molecule has 32 heavy (non-hydrogen) atoms. The number of nitrogens with one attached hydrogen (secondary N) is 1. The highest BCUT2D eigenvalue weighted by Gasteiger charge is 2.22. The van der Waals surface area contributed by atoms with E-state index in [9.17, 15) is 9.59 Å². The van der Waals surface area contributed by atoms with Crippen LogP contribution in [0.15, 0.2) is 30.3 Å². The van der Waals surface area contributed by atoms with E-state index in [-0.39, 0.29) is 11.7 Å². The lowest BCUT2D eigenvalue weighted by atomic mass is 10.1. The molecule has 0 spiro atoms. The number of piperazine rings is 1. The number of carbonyl (C=O) groups is 2. The third-order valence-electron chi connectivity index (χ3n) is 6.01. The SMILES string of the molecule is CC(=O)c1c(Cl)cccc1N1CCN(CCCCOc2ccc3c(n2)NC(=O)CC3)CC1. The zero-order valence-electron chi connectivity index (χ0n) is 18.4. The second-order valence-electron chi connectivity index (χ2n) is 8.28. The normalized spacial score (nSPS) is 16.4. The average Bonchev–Trinajstić information content (AvgIpc) is 2.78. The Morgan fingerprint density at radius 3 is 2.72 bits per heavy atom. The number of rotatable bonds is 8. The molecule has 1 saturated heterocycles. The Hall–Kier alpha value is -2.64. The number of halogens is 1. The third kappa shape index (κ3) is 5.40. The number of fused-ring (bicyclic) bond motifs is 1. The van der Waals surface area contributed by atoms with E-state index in [0.717, 1.165) is 63.2 Å². The highest BCUT2D eigenvalue weighted by molar-refractivity contribution is 6.34. The van der Waals surface area contributed by atoms with Crippen LogP contribution in [0.3, 0.4) is 0 Å². The first-order valence-electron chi connectivity index (χ1n) is 11.2. The second kappa shape index (κ2) is 10.3. The number of amides is 1. The highest BCUT2D eigenvalue weighted by atomic mass is 35.5. The molecule has 1 amide bonds. The molecule has 0 aliphatic carbocycles. The van der Waals surface area contributed by atoms with E-state index in [1.807, 2.05) is 24.3 Å². The van der Waals surface area contributed by atoms with Gasteiger partial charge >= 0.3 is 0 Å². The Bertz CT molecular complexity index is 989. The van der Waals surface area contributed by atoms with E-state index in [1.54, 1.807) is 13.0 Å². The fourth-order valence-corrected chi connectivity index (χ4v) is 4.56. The van der Waals surface area contributed by atoms with Gasteiger partial charge in [0.2, 0.25) is 11.8 Å². The number of unbranched alkanes of at least 4 members (excludes halogenated alkanes) is 1. The van der Waals surface area contributed by atoms with Crippen LogP contribution in [0.25, 0.3) is 0 Å². The minimum atomic E-state index is 0.00354. The monoisotopic (exact) mass is 456 g/mol. The molecule has 1 fully saturated rings. The van der Waals surface area contributed by atoms with Crippen molar-refractivity contribution in [2.45, 2.75) is 32.6 Å². The fraction of sp³-hybridized carbons (Fsp3) is 0.458. The molecule has 0 bridgehead atoms. The number of benzene rings is 1. The van der Waals surface area contributed by atoms with Gasteiger partial charge in [-0.3, -0.25) is 14.5 Å². The van der Waals surface area contributed by atoms with Crippen molar-refractivity contribution in [3.05, 3.63) is 46.5 Å². The molecule has 7 nitrogen and oxygen atoms in total. The summed E-state index contributed by atoms with van der Waals surface area (Å²) in [5.41, 5.74) is 2.62. The maximum atomic E-state index is 12.0. The van der Waals surface area contributed by atoms with Crippen molar-refractivity contribution < 1.29 is 14.3 Å². The standard InChI is InChI=1S/C24H29ClN4O3/c1-17(30)23-19(25)5-4-6-20(23)29-14-12-28(13-15-29)11-2-3-16-32-22-10-8-18-7-9-21(31)26-24(18)27-22/h4-6,8,10H,2-3,7,9,11-16H2,1H3,(H,26,27,31). The Labute approximate surface area is 193 Å². The quantitative estimate of drug-likeness (QED) is 0.481. The summed E-state index contributed by atoms with van der Waals surface area (Å²) in [4.78, 5) is 32.7. The first kappa shape index (κ1) is 22.6. The predicted molar refractivity (Wildman–Crippen MR) is 126 cm³/mol. The van der Waals surface area contributed by atoms with Crippen molar-refractivity contribution >= 4 is 34.8 Å². The number of hydrogen-bond donors (Lipinski definition) is 1. The van der Waals surface area contributed by atoms with E-state index in [1.165, 1.54) is 0 Å². The Balaban J connectivity index is 1.18. The zero-order chi connectivity index (χ0) is 22.5. The lowest BCUT2D eigenvalue weighted by Crippen LogP contribution is -2.47. The number of ketones is 1. The molecule has 3 heterocycles. The van der Waals surface area contributed by atoms with Crippen LogP contribution in [0.5, 0.6) is 5.88 Å². The maximum Gasteiger partial charge on any atom is 0.225 e. The molecule has 1 aromatic heterocycles. The van der Waals surface area contributed by atoms with Gasteiger partial charge in [-0.2, -0.15) is 4.98 Å². The fourth-order valence-electron chi connectivity index (χ4n) is 4.25. The summed E-state index contributed by atoms with van der Waals surface area (Å²) < 4.78 is 5.78. The molecule has 2 aliphatic heterocycles. The smallest absolute Gasteiger partial charge is 0.225 e. The van der Waals surface area contributed by atoms with Gasteiger partial charge in [0.15, 0.2) is 5.78 Å². The van der Waals surface area contributed by atoms with E-state index in [4.69, 9.17) is 16.3 Å². The number of pyridine rings is 1. The van der Waals surface area contributed by atoms with Gasteiger partial charge in [0.05, 0.1) is 17.2 Å². The Morgan fingerprint density at radius 2 is 1.94 bits per heavy atom. The first-order valence-corrected chi connectivity index (χ1v) is 11.6. The second-order valence-corrected chi connectivity index (χ2v) is 8.69. The van der Waals surface area contributed by atoms with Gasteiger partial charge < -0.3 is 15.0 Å². The third-order valence-corrected chi connectivity index (χ3v) is 6.32. The minimum absolute atomic E-state index is 0.00354. The lowest BCUT2D eigenvalue weighted by Gasteiger charge is -2.37. The summed E-state index contributed by atoms with van der Waals surface area (Å²) in [5.74, 6) is 1.20. The van der Waals surface area contributed by atoms with Crippen LogP contribution in [-0.4, -0.2) is 60.9 Å². The summed E-state index contributed by atoms with van der Waals surface area (Å²) >= 11 is 6.26. The van der Waals surface area contributed by atoms with Crippen molar-refractivity contribution in [1.29, 1.82) is 0 Å². The van der Waals surface area contributed by atoms with E-state index in [2.05, 4.69) is 20.1 Å².